The number of aromatic nitrogens is 3. The second-order valence-corrected chi connectivity index (χ2v) is 6.15. The lowest BCUT2D eigenvalue weighted by atomic mass is 10.0. The summed E-state index contributed by atoms with van der Waals surface area (Å²) in [4.78, 5) is 27.3. The number of fused-ring (bicyclic) bond motifs is 1. The summed E-state index contributed by atoms with van der Waals surface area (Å²) in [5.41, 5.74) is 2.69. The van der Waals surface area contributed by atoms with Crippen LogP contribution in [-0.4, -0.2) is 38.3 Å². The summed E-state index contributed by atoms with van der Waals surface area (Å²) in [5, 5.41) is 3.52. The molecule has 24 heavy (non-hydrogen) atoms. The molecule has 0 atom stereocenters. The number of hydrogen-bond donors (Lipinski definition) is 1. The Labute approximate surface area is 140 Å². The Hall–Kier alpha value is -2.76. The third kappa shape index (κ3) is 2.87. The molecule has 2 aromatic rings. The normalized spacial score (nSPS) is 16.9. The predicted molar refractivity (Wildman–Crippen MR) is 90.5 cm³/mol. The molecule has 0 radical (unpaired) electrons. The Kier molecular flexibility index (Phi) is 3.94. The molecule has 1 aliphatic carbocycles. The van der Waals surface area contributed by atoms with Crippen molar-refractivity contribution in [3.8, 4) is 0 Å². The first kappa shape index (κ1) is 14.8. The number of carbonyl (C=O) groups excluding carboxylic acids is 1. The van der Waals surface area contributed by atoms with Gasteiger partial charge in [-0.05, 0) is 31.4 Å². The highest BCUT2D eigenvalue weighted by Crippen LogP contribution is 2.25. The smallest absolute Gasteiger partial charge is 0.255 e. The number of pyridine rings is 1. The molecule has 0 saturated carbocycles. The van der Waals surface area contributed by atoms with Crippen LogP contribution in [0, 0.1) is 0 Å². The van der Waals surface area contributed by atoms with Crippen LogP contribution in [0.25, 0.3) is 0 Å². The van der Waals surface area contributed by atoms with Crippen LogP contribution in [0.1, 0.15) is 34.5 Å². The van der Waals surface area contributed by atoms with Gasteiger partial charge in [-0.15, -0.1) is 0 Å². The number of nitrogens with zero attached hydrogens (tertiary/aromatic N) is 4. The van der Waals surface area contributed by atoms with Gasteiger partial charge >= 0.3 is 0 Å². The summed E-state index contributed by atoms with van der Waals surface area (Å²) in [6, 6.07) is 4.00. The molecule has 1 amide bonds. The lowest BCUT2D eigenvalue weighted by Gasteiger charge is -2.29. The molecule has 0 bridgehead atoms. The van der Waals surface area contributed by atoms with E-state index in [2.05, 4.69) is 32.4 Å². The maximum absolute atomic E-state index is 12.6. The van der Waals surface area contributed by atoms with Crippen molar-refractivity contribution in [1.82, 2.24) is 19.9 Å². The molecule has 6 heteroatoms. The van der Waals surface area contributed by atoms with Crippen LogP contribution in [0.2, 0.25) is 0 Å². The molecule has 1 aliphatic heterocycles. The zero-order valence-corrected chi connectivity index (χ0v) is 13.4. The Morgan fingerprint density at radius 2 is 2.12 bits per heavy atom. The summed E-state index contributed by atoms with van der Waals surface area (Å²) in [5.74, 6) is 0.920. The molecule has 0 unspecified atom stereocenters. The third-order valence-electron chi connectivity index (χ3n) is 4.55. The van der Waals surface area contributed by atoms with Gasteiger partial charge < -0.3 is 10.2 Å². The lowest BCUT2D eigenvalue weighted by Crippen LogP contribution is -2.37. The van der Waals surface area contributed by atoms with Gasteiger partial charge in [0.1, 0.15) is 12.1 Å². The molecule has 3 heterocycles. The second kappa shape index (κ2) is 6.39. The van der Waals surface area contributed by atoms with E-state index in [1.54, 1.807) is 30.9 Å². The van der Waals surface area contributed by atoms with Crippen LogP contribution < -0.4 is 5.32 Å². The fraction of sp³-hybridized carbons (Fsp3) is 0.333. The van der Waals surface area contributed by atoms with Crippen molar-refractivity contribution in [1.29, 1.82) is 0 Å². The molecule has 0 saturated heterocycles. The number of rotatable bonds is 3. The predicted octanol–water partition coefficient (Wildman–Crippen LogP) is 2.20. The van der Waals surface area contributed by atoms with E-state index in [0.29, 0.717) is 24.7 Å². The van der Waals surface area contributed by atoms with E-state index in [4.69, 9.17) is 0 Å². The molecular weight excluding hydrogens is 302 g/mol. The molecule has 2 aromatic heterocycles. The Morgan fingerprint density at radius 3 is 2.92 bits per heavy atom. The van der Waals surface area contributed by atoms with E-state index >= 15 is 0 Å². The summed E-state index contributed by atoms with van der Waals surface area (Å²) < 4.78 is 0. The number of anilines is 1. The summed E-state index contributed by atoms with van der Waals surface area (Å²) in [6.45, 7) is 1.19. The molecule has 6 nitrogen and oxygen atoms in total. The number of amides is 1. The largest absolute Gasteiger partial charge is 0.366 e. The maximum Gasteiger partial charge on any atom is 0.255 e. The number of nitrogens with one attached hydrogen (secondary N) is 1. The monoisotopic (exact) mass is 321 g/mol. The van der Waals surface area contributed by atoms with E-state index in [1.807, 2.05) is 4.90 Å². The minimum absolute atomic E-state index is 0.00173. The Balaban J connectivity index is 1.52. The van der Waals surface area contributed by atoms with Gasteiger partial charge in [-0.1, -0.05) is 12.2 Å². The van der Waals surface area contributed by atoms with Crippen molar-refractivity contribution < 1.29 is 4.79 Å². The van der Waals surface area contributed by atoms with E-state index in [-0.39, 0.29) is 5.91 Å². The topological polar surface area (TPSA) is 71.0 Å². The highest BCUT2D eigenvalue weighted by atomic mass is 16.2. The van der Waals surface area contributed by atoms with Gasteiger partial charge in [0, 0.05) is 30.5 Å². The first-order valence-electron chi connectivity index (χ1n) is 8.25. The molecule has 2 aliphatic rings. The van der Waals surface area contributed by atoms with E-state index in [0.717, 1.165) is 36.3 Å². The summed E-state index contributed by atoms with van der Waals surface area (Å²) in [6.07, 6.45) is 12.1. The summed E-state index contributed by atoms with van der Waals surface area (Å²) >= 11 is 0. The van der Waals surface area contributed by atoms with Crippen LogP contribution in [-0.2, 0) is 13.0 Å². The third-order valence-corrected chi connectivity index (χ3v) is 4.55. The van der Waals surface area contributed by atoms with Gasteiger partial charge in [0.05, 0.1) is 17.8 Å². The number of carbonyl (C=O) groups is 1. The molecule has 0 aromatic carbocycles. The first-order chi connectivity index (χ1) is 11.8. The maximum atomic E-state index is 12.6. The van der Waals surface area contributed by atoms with Crippen molar-refractivity contribution in [2.45, 2.75) is 31.8 Å². The van der Waals surface area contributed by atoms with Crippen molar-refractivity contribution >= 4 is 11.7 Å². The van der Waals surface area contributed by atoms with E-state index in [9.17, 15) is 4.79 Å². The van der Waals surface area contributed by atoms with Crippen LogP contribution in [0.3, 0.4) is 0 Å². The van der Waals surface area contributed by atoms with Crippen LogP contribution in [0.4, 0.5) is 5.82 Å². The molecule has 1 N–H and O–H groups in total. The van der Waals surface area contributed by atoms with Crippen LogP contribution in [0.5, 0.6) is 0 Å². The quantitative estimate of drug-likeness (QED) is 0.878. The van der Waals surface area contributed by atoms with Crippen molar-refractivity contribution in [2.24, 2.45) is 0 Å². The molecular formula is C18H19N5O. The average Bonchev–Trinajstić information content (AvgIpc) is 3.15. The first-order valence-corrected chi connectivity index (χ1v) is 8.25. The van der Waals surface area contributed by atoms with Gasteiger partial charge in [0.25, 0.3) is 5.91 Å². The van der Waals surface area contributed by atoms with E-state index < -0.39 is 0 Å². The zero-order valence-electron chi connectivity index (χ0n) is 13.4. The fourth-order valence-corrected chi connectivity index (χ4v) is 3.25. The van der Waals surface area contributed by atoms with Crippen molar-refractivity contribution in [2.75, 3.05) is 11.9 Å². The van der Waals surface area contributed by atoms with Crippen molar-refractivity contribution in [3.05, 3.63) is 59.8 Å². The zero-order chi connectivity index (χ0) is 16.4. The fourth-order valence-electron chi connectivity index (χ4n) is 3.25. The van der Waals surface area contributed by atoms with Crippen molar-refractivity contribution in [3.63, 3.8) is 0 Å². The minimum atomic E-state index is 0.00173. The highest BCUT2D eigenvalue weighted by molar-refractivity contribution is 5.94. The average molecular weight is 321 g/mol. The minimum Gasteiger partial charge on any atom is -0.366 e. The number of hydrogen-bond acceptors (Lipinski definition) is 5. The molecule has 4 rings (SSSR count). The summed E-state index contributed by atoms with van der Waals surface area (Å²) in [7, 11) is 0. The standard InChI is InChI=1S/C18H19N5O/c24-18(13-4-3-8-19-10-13)23-9-7-15-16(11-23)20-12-21-17(15)22-14-5-1-2-6-14/h1-4,8,10,12,14H,5-7,9,11H2,(H,20,21,22). The van der Waals surface area contributed by atoms with E-state index in [1.165, 1.54) is 0 Å². The Morgan fingerprint density at radius 1 is 1.25 bits per heavy atom. The highest BCUT2D eigenvalue weighted by Gasteiger charge is 2.25. The molecule has 0 fully saturated rings. The van der Waals surface area contributed by atoms with Gasteiger partial charge in [0.2, 0.25) is 0 Å². The van der Waals surface area contributed by atoms with Gasteiger partial charge in [-0.2, -0.15) is 0 Å². The SMILES string of the molecule is O=C(c1cccnc1)N1CCc2c(ncnc2NC2CC=CC2)C1. The van der Waals surface area contributed by atoms with Crippen LogP contribution >= 0.6 is 0 Å². The second-order valence-electron chi connectivity index (χ2n) is 6.15. The molecule has 122 valence electrons. The van der Waals surface area contributed by atoms with Crippen LogP contribution in [0.15, 0.2) is 43.0 Å². The van der Waals surface area contributed by atoms with Gasteiger partial charge in [-0.3, -0.25) is 9.78 Å². The molecule has 0 spiro atoms. The van der Waals surface area contributed by atoms with Gasteiger partial charge in [0.15, 0.2) is 0 Å². The lowest BCUT2D eigenvalue weighted by molar-refractivity contribution is 0.0731. The Bertz CT molecular complexity index is 766. The van der Waals surface area contributed by atoms with Gasteiger partial charge in [-0.25, -0.2) is 9.97 Å².